The molecule has 1 aromatic rings. The Morgan fingerprint density at radius 2 is 2.32 bits per heavy atom. The monoisotopic (exact) mass is 262 g/mol. The highest BCUT2D eigenvalue weighted by molar-refractivity contribution is 5.42. The summed E-state index contributed by atoms with van der Waals surface area (Å²) in [5.41, 5.74) is 0.752. The Kier molecular flexibility index (Phi) is 3.12. The summed E-state index contributed by atoms with van der Waals surface area (Å²) in [6, 6.07) is 1.52. The number of aryl methyl sites for hydroxylation is 1. The number of fused-ring (bicyclic) bond motifs is 2. The number of aromatic nitrogens is 1. The molecule has 5 nitrogen and oxygen atoms in total. The van der Waals surface area contributed by atoms with Gasteiger partial charge < -0.3 is 4.74 Å². The zero-order valence-corrected chi connectivity index (χ0v) is 11.0. The highest BCUT2D eigenvalue weighted by atomic mass is 16.6. The molecule has 1 heterocycles. The fraction of sp³-hybridized carbons (Fsp3) is 0.643. The highest BCUT2D eigenvalue weighted by Gasteiger charge is 2.39. The van der Waals surface area contributed by atoms with E-state index in [0.29, 0.717) is 12.5 Å². The third kappa shape index (κ3) is 2.41. The van der Waals surface area contributed by atoms with Gasteiger partial charge in [0.1, 0.15) is 0 Å². The van der Waals surface area contributed by atoms with Crippen molar-refractivity contribution in [3.05, 3.63) is 27.9 Å². The average molecular weight is 262 g/mol. The minimum atomic E-state index is -0.421. The lowest BCUT2D eigenvalue weighted by molar-refractivity contribution is -0.386. The van der Waals surface area contributed by atoms with Gasteiger partial charge in [0, 0.05) is 12.3 Å². The molecule has 0 aliphatic heterocycles. The van der Waals surface area contributed by atoms with Crippen LogP contribution in [-0.4, -0.2) is 16.5 Å². The maximum Gasteiger partial charge on any atom is 0.331 e. The molecule has 0 spiro atoms. The standard InChI is InChI=1S/C14H18N2O3/c1-9-4-13(16(17)18)14(15-7-9)19-8-12-6-10-2-3-11(12)5-10/h4,7,10-12H,2-3,5-6,8H2,1H3/t10-,11-,12+/m0/s1. The van der Waals surface area contributed by atoms with Crippen LogP contribution in [0, 0.1) is 34.8 Å². The van der Waals surface area contributed by atoms with Crippen LogP contribution in [0.2, 0.25) is 0 Å². The topological polar surface area (TPSA) is 65.3 Å². The molecule has 2 aliphatic carbocycles. The SMILES string of the molecule is Cc1cnc(OC[C@H]2C[C@H]3CC[C@H]2C3)c([N+](=O)[O-])c1. The summed E-state index contributed by atoms with van der Waals surface area (Å²) >= 11 is 0. The summed E-state index contributed by atoms with van der Waals surface area (Å²) in [6.45, 7) is 2.36. The number of nitrogens with zero attached hydrogens (tertiary/aromatic N) is 2. The Morgan fingerprint density at radius 3 is 2.95 bits per heavy atom. The normalized spacial score (nSPS) is 28.6. The Labute approximate surface area is 112 Å². The molecule has 2 aliphatic rings. The van der Waals surface area contributed by atoms with Crippen molar-refractivity contribution in [3.8, 4) is 5.88 Å². The number of nitro groups is 1. The summed E-state index contributed by atoms with van der Waals surface area (Å²) in [6.07, 6.45) is 6.79. The van der Waals surface area contributed by atoms with Gasteiger partial charge in [-0.1, -0.05) is 6.42 Å². The zero-order chi connectivity index (χ0) is 13.4. The van der Waals surface area contributed by atoms with Gasteiger partial charge in [-0.2, -0.15) is 0 Å². The van der Waals surface area contributed by atoms with E-state index in [1.165, 1.54) is 31.7 Å². The van der Waals surface area contributed by atoms with Crippen LogP contribution < -0.4 is 4.74 Å². The van der Waals surface area contributed by atoms with Gasteiger partial charge in [0.2, 0.25) is 0 Å². The summed E-state index contributed by atoms with van der Waals surface area (Å²) in [7, 11) is 0. The molecule has 0 unspecified atom stereocenters. The van der Waals surface area contributed by atoms with Gasteiger partial charge in [0.25, 0.3) is 5.88 Å². The number of rotatable bonds is 4. The van der Waals surface area contributed by atoms with Crippen LogP contribution >= 0.6 is 0 Å². The Morgan fingerprint density at radius 1 is 1.47 bits per heavy atom. The molecule has 3 atom stereocenters. The third-order valence-electron chi connectivity index (χ3n) is 4.48. The predicted octanol–water partition coefficient (Wildman–Crippen LogP) is 3.11. The third-order valence-corrected chi connectivity index (χ3v) is 4.48. The lowest BCUT2D eigenvalue weighted by atomic mass is 9.90. The van der Waals surface area contributed by atoms with E-state index in [9.17, 15) is 10.1 Å². The van der Waals surface area contributed by atoms with E-state index in [-0.39, 0.29) is 11.6 Å². The minimum Gasteiger partial charge on any atom is -0.473 e. The van der Waals surface area contributed by atoms with Crippen molar-refractivity contribution in [1.82, 2.24) is 4.98 Å². The Bertz CT molecular complexity index is 503. The average Bonchev–Trinajstić information content (AvgIpc) is 2.99. The fourth-order valence-corrected chi connectivity index (χ4v) is 3.55. The maximum atomic E-state index is 11.0. The molecule has 2 saturated carbocycles. The van der Waals surface area contributed by atoms with Crippen LogP contribution in [-0.2, 0) is 0 Å². The van der Waals surface area contributed by atoms with E-state index in [1.807, 2.05) is 0 Å². The lowest BCUT2D eigenvalue weighted by Crippen LogP contribution is -2.19. The van der Waals surface area contributed by atoms with Crippen LogP contribution in [0.5, 0.6) is 5.88 Å². The van der Waals surface area contributed by atoms with Crippen LogP contribution in [0.4, 0.5) is 5.69 Å². The Balaban J connectivity index is 1.68. The van der Waals surface area contributed by atoms with Gasteiger partial charge in [0.15, 0.2) is 0 Å². The van der Waals surface area contributed by atoms with Crippen LogP contribution in [0.1, 0.15) is 31.2 Å². The first-order valence-electron chi connectivity index (χ1n) is 6.87. The second-order valence-electron chi connectivity index (χ2n) is 5.84. The highest BCUT2D eigenvalue weighted by Crippen LogP contribution is 2.48. The molecule has 19 heavy (non-hydrogen) atoms. The van der Waals surface area contributed by atoms with Crippen molar-refractivity contribution >= 4 is 5.69 Å². The van der Waals surface area contributed by atoms with E-state index in [0.717, 1.165) is 17.4 Å². The van der Waals surface area contributed by atoms with E-state index >= 15 is 0 Å². The fourth-order valence-electron chi connectivity index (χ4n) is 3.55. The zero-order valence-electron chi connectivity index (χ0n) is 11.0. The first-order valence-corrected chi connectivity index (χ1v) is 6.87. The van der Waals surface area contributed by atoms with Gasteiger partial charge in [0.05, 0.1) is 11.5 Å². The summed E-state index contributed by atoms with van der Waals surface area (Å²) < 4.78 is 5.64. The van der Waals surface area contributed by atoms with Crippen molar-refractivity contribution in [2.45, 2.75) is 32.6 Å². The molecule has 2 fully saturated rings. The number of ether oxygens (including phenoxy) is 1. The van der Waals surface area contributed by atoms with Gasteiger partial charge in [-0.15, -0.1) is 0 Å². The summed E-state index contributed by atoms with van der Waals surface area (Å²) in [5.74, 6) is 2.34. The minimum absolute atomic E-state index is 0.0249. The first-order chi connectivity index (χ1) is 9.13. The molecule has 0 amide bonds. The largest absolute Gasteiger partial charge is 0.473 e. The van der Waals surface area contributed by atoms with Gasteiger partial charge in [-0.05, 0) is 49.5 Å². The van der Waals surface area contributed by atoms with E-state index < -0.39 is 4.92 Å². The molecule has 0 N–H and O–H groups in total. The molecule has 0 radical (unpaired) electrons. The molecule has 5 heteroatoms. The van der Waals surface area contributed by atoms with Crippen LogP contribution in [0.25, 0.3) is 0 Å². The first kappa shape index (κ1) is 12.4. The molecule has 3 rings (SSSR count). The van der Waals surface area contributed by atoms with Crippen molar-refractivity contribution in [3.63, 3.8) is 0 Å². The predicted molar refractivity (Wildman–Crippen MR) is 70.1 cm³/mol. The molecular formula is C14H18N2O3. The molecule has 102 valence electrons. The molecule has 1 aromatic heterocycles. The Hall–Kier alpha value is -1.65. The number of pyridine rings is 1. The lowest BCUT2D eigenvalue weighted by Gasteiger charge is -2.21. The summed E-state index contributed by atoms with van der Waals surface area (Å²) in [4.78, 5) is 14.6. The van der Waals surface area contributed by atoms with Crippen molar-refractivity contribution < 1.29 is 9.66 Å². The molecule has 2 bridgehead atoms. The summed E-state index contributed by atoms with van der Waals surface area (Å²) in [5, 5.41) is 11.0. The van der Waals surface area contributed by atoms with Gasteiger partial charge in [-0.3, -0.25) is 10.1 Å². The van der Waals surface area contributed by atoms with E-state index in [4.69, 9.17) is 4.74 Å². The van der Waals surface area contributed by atoms with E-state index in [2.05, 4.69) is 4.98 Å². The molecule has 0 aromatic carbocycles. The van der Waals surface area contributed by atoms with Crippen molar-refractivity contribution in [1.29, 1.82) is 0 Å². The number of hydrogen-bond donors (Lipinski definition) is 0. The quantitative estimate of drug-likeness (QED) is 0.617. The van der Waals surface area contributed by atoms with Crippen LogP contribution in [0.3, 0.4) is 0 Å². The van der Waals surface area contributed by atoms with Gasteiger partial charge in [-0.25, -0.2) is 4.98 Å². The smallest absolute Gasteiger partial charge is 0.331 e. The van der Waals surface area contributed by atoms with Crippen LogP contribution in [0.15, 0.2) is 12.3 Å². The van der Waals surface area contributed by atoms with Gasteiger partial charge >= 0.3 is 5.69 Å². The molecule has 0 saturated heterocycles. The maximum absolute atomic E-state index is 11.0. The molecular weight excluding hydrogens is 244 g/mol. The van der Waals surface area contributed by atoms with Crippen molar-refractivity contribution in [2.75, 3.05) is 6.61 Å². The van der Waals surface area contributed by atoms with E-state index in [1.54, 1.807) is 13.1 Å². The second-order valence-corrected chi connectivity index (χ2v) is 5.84. The second kappa shape index (κ2) is 4.79. The number of hydrogen-bond acceptors (Lipinski definition) is 4. The van der Waals surface area contributed by atoms with Crippen molar-refractivity contribution in [2.24, 2.45) is 17.8 Å².